The Labute approximate surface area is 232 Å². The van der Waals surface area contributed by atoms with Gasteiger partial charge in [0, 0.05) is 11.8 Å². The molecule has 0 radical (unpaired) electrons. The first kappa shape index (κ1) is 25.3. The van der Waals surface area contributed by atoms with E-state index < -0.39 is 17.7 Å². The van der Waals surface area contributed by atoms with Crippen LogP contribution in [-0.4, -0.2) is 41.5 Å². The van der Waals surface area contributed by atoms with Gasteiger partial charge in [0.1, 0.15) is 23.0 Å². The highest BCUT2D eigenvalue weighted by Crippen LogP contribution is 2.31. The van der Waals surface area contributed by atoms with Crippen LogP contribution < -0.4 is 11.1 Å². The predicted octanol–water partition coefficient (Wildman–Crippen LogP) is 5.22. The quantitative estimate of drug-likeness (QED) is 0.258. The minimum atomic E-state index is -1.29. The van der Waals surface area contributed by atoms with Crippen LogP contribution in [0.25, 0.3) is 39.5 Å². The Morgan fingerprint density at radius 2 is 1.73 bits per heavy atom. The SMILES string of the molecule is Nc1ncccc1-c1nc2ccc(-c3ccccc3)nc2n1-c1ccc(NC(=O)c2ccc(C(=O)O)cc2F)nc1. The smallest absolute Gasteiger partial charge is 0.335 e. The van der Waals surface area contributed by atoms with E-state index in [-0.39, 0.29) is 16.9 Å². The van der Waals surface area contributed by atoms with E-state index in [1.165, 1.54) is 6.20 Å². The van der Waals surface area contributed by atoms with Crippen molar-refractivity contribution in [3.63, 3.8) is 0 Å². The van der Waals surface area contributed by atoms with E-state index in [0.717, 1.165) is 29.5 Å². The lowest BCUT2D eigenvalue weighted by molar-refractivity contribution is 0.0695. The lowest BCUT2D eigenvalue weighted by Crippen LogP contribution is -2.15. The van der Waals surface area contributed by atoms with Crippen molar-refractivity contribution in [2.24, 2.45) is 0 Å². The Morgan fingerprint density at radius 1 is 0.902 bits per heavy atom. The first-order valence-electron chi connectivity index (χ1n) is 12.4. The van der Waals surface area contributed by atoms with Crippen molar-refractivity contribution >= 4 is 34.7 Å². The third-order valence-electron chi connectivity index (χ3n) is 6.36. The first-order valence-corrected chi connectivity index (χ1v) is 12.4. The lowest BCUT2D eigenvalue weighted by Gasteiger charge is -2.11. The minimum Gasteiger partial charge on any atom is -0.478 e. The number of anilines is 2. The summed E-state index contributed by atoms with van der Waals surface area (Å²) in [5.74, 6) is -2.07. The van der Waals surface area contributed by atoms with Crippen LogP contribution >= 0.6 is 0 Å². The van der Waals surface area contributed by atoms with Crippen LogP contribution in [-0.2, 0) is 0 Å². The summed E-state index contributed by atoms with van der Waals surface area (Å²) in [6, 6.07) is 23.4. The topological polar surface area (TPSA) is 149 Å². The van der Waals surface area contributed by atoms with Crippen molar-refractivity contribution in [2.75, 3.05) is 11.1 Å². The molecule has 4 N–H and O–H groups in total. The van der Waals surface area contributed by atoms with Crippen LogP contribution in [0.1, 0.15) is 20.7 Å². The van der Waals surface area contributed by atoms with Crippen LogP contribution in [0.2, 0.25) is 0 Å². The molecule has 0 aliphatic carbocycles. The number of carbonyl (C=O) groups excluding carboxylic acids is 1. The zero-order valence-corrected chi connectivity index (χ0v) is 21.2. The van der Waals surface area contributed by atoms with E-state index in [9.17, 15) is 14.0 Å². The molecule has 10 nitrogen and oxygen atoms in total. The number of imidazole rings is 1. The number of halogens is 1. The number of benzene rings is 2. The molecule has 1 amide bonds. The molecule has 0 bridgehead atoms. The van der Waals surface area contributed by atoms with E-state index in [1.807, 2.05) is 48.5 Å². The summed E-state index contributed by atoms with van der Waals surface area (Å²) < 4.78 is 16.2. The highest BCUT2D eigenvalue weighted by Gasteiger charge is 2.20. The van der Waals surface area contributed by atoms with Crippen molar-refractivity contribution in [1.29, 1.82) is 0 Å². The van der Waals surface area contributed by atoms with E-state index in [4.69, 9.17) is 20.8 Å². The summed E-state index contributed by atoms with van der Waals surface area (Å²) in [7, 11) is 0. The second kappa shape index (κ2) is 10.3. The van der Waals surface area contributed by atoms with Crippen LogP contribution in [0.4, 0.5) is 16.0 Å². The van der Waals surface area contributed by atoms with Gasteiger partial charge in [0.25, 0.3) is 5.91 Å². The number of aromatic nitrogens is 5. The third-order valence-corrected chi connectivity index (χ3v) is 6.36. The maximum atomic E-state index is 14.4. The summed E-state index contributed by atoms with van der Waals surface area (Å²) in [5.41, 5.74) is 9.68. The van der Waals surface area contributed by atoms with Gasteiger partial charge in [-0.3, -0.25) is 9.36 Å². The molecule has 0 aliphatic heterocycles. The Balaban J connectivity index is 1.40. The normalized spacial score (nSPS) is 11.0. The maximum absolute atomic E-state index is 14.4. The van der Waals surface area contributed by atoms with Crippen molar-refractivity contribution in [2.45, 2.75) is 0 Å². The van der Waals surface area contributed by atoms with Gasteiger partial charge in [0.05, 0.1) is 34.3 Å². The monoisotopic (exact) mass is 545 g/mol. The minimum absolute atomic E-state index is 0.158. The number of amides is 1. The fourth-order valence-electron chi connectivity index (χ4n) is 4.37. The van der Waals surface area contributed by atoms with E-state index in [1.54, 1.807) is 29.0 Å². The van der Waals surface area contributed by atoms with Gasteiger partial charge in [-0.1, -0.05) is 30.3 Å². The van der Waals surface area contributed by atoms with Crippen LogP contribution in [0.15, 0.2) is 97.3 Å². The molecule has 0 fully saturated rings. The van der Waals surface area contributed by atoms with Gasteiger partial charge in [0.2, 0.25) is 0 Å². The second-order valence-electron chi connectivity index (χ2n) is 8.97. The Bertz CT molecular complexity index is 1940. The molecular weight excluding hydrogens is 525 g/mol. The molecule has 0 saturated heterocycles. The number of nitrogens with zero attached hydrogens (tertiary/aromatic N) is 5. The molecule has 0 spiro atoms. The average molecular weight is 546 g/mol. The number of hydrogen-bond donors (Lipinski definition) is 3. The van der Waals surface area contributed by atoms with Crippen molar-refractivity contribution in [3.05, 3.63) is 114 Å². The molecule has 6 aromatic rings. The Hall–Kier alpha value is -5.97. The molecule has 0 saturated carbocycles. The number of nitrogens with two attached hydrogens (primary N) is 1. The molecule has 0 unspecified atom stereocenters. The number of fused-ring (bicyclic) bond motifs is 1. The molecule has 41 heavy (non-hydrogen) atoms. The predicted molar refractivity (Wildman–Crippen MR) is 151 cm³/mol. The van der Waals surface area contributed by atoms with Gasteiger partial charge in [-0.2, -0.15) is 0 Å². The summed E-state index contributed by atoms with van der Waals surface area (Å²) in [4.78, 5) is 42.0. The van der Waals surface area contributed by atoms with E-state index >= 15 is 0 Å². The summed E-state index contributed by atoms with van der Waals surface area (Å²) in [5, 5.41) is 11.6. The first-order chi connectivity index (χ1) is 19.9. The van der Waals surface area contributed by atoms with Crippen LogP contribution in [0.3, 0.4) is 0 Å². The molecule has 2 aromatic carbocycles. The van der Waals surface area contributed by atoms with Crippen molar-refractivity contribution < 1.29 is 19.1 Å². The van der Waals surface area contributed by atoms with Gasteiger partial charge < -0.3 is 16.2 Å². The largest absolute Gasteiger partial charge is 0.478 e. The number of pyridine rings is 3. The third kappa shape index (κ3) is 4.83. The van der Waals surface area contributed by atoms with Crippen LogP contribution in [0, 0.1) is 5.82 Å². The van der Waals surface area contributed by atoms with Gasteiger partial charge in [-0.15, -0.1) is 0 Å². The fraction of sp³-hybridized carbons (Fsp3) is 0. The molecule has 6 rings (SSSR count). The number of nitrogens with one attached hydrogen (secondary N) is 1. The Morgan fingerprint density at radius 3 is 2.44 bits per heavy atom. The number of hydrogen-bond acceptors (Lipinski definition) is 7. The molecule has 0 atom stereocenters. The van der Waals surface area contributed by atoms with E-state index in [2.05, 4.69) is 15.3 Å². The van der Waals surface area contributed by atoms with E-state index in [0.29, 0.717) is 34.1 Å². The molecular formula is C30H20FN7O3. The molecule has 4 aromatic heterocycles. The molecule has 200 valence electrons. The number of aromatic carboxylic acids is 1. The summed E-state index contributed by atoms with van der Waals surface area (Å²) >= 11 is 0. The standard InChI is InChI=1S/C30H20FN7O3/c31-22-15-18(30(40)41)8-10-20(22)29(39)37-25-13-9-19(16-34-25)38-27(21-7-4-14-33-26(21)32)36-24-12-11-23(35-28(24)38)17-5-2-1-3-6-17/h1-16H,(H2,32,33)(H,40,41)(H,34,37,39). The highest BCUT2D eigenvalue weighted by molar-refractivity contribution is 6.04. The highest BCUT2D eigenvalue weighted by atomic mass is 19.1. The average Bonchev–Trinajstić information content (AvgIpc) is 3.36. The number of carboxylic acid groups (broad SMARTS) is 1. The van der Waals surface area contributed by atoms with Gasteiger partial charge in [0.15, 0.2) is 11.5 Å². The zero-order chi connectivity index (χ0) is 28.5. The Kier molecular flexibility index (Phi) is 6.36. The fourth-order valence-corrected chi connectivity index (χ4v) is 4.37. The van der Waals surface area contributed by atoms with Gasteiger partial charge in [-0.05, 0) is 54.6 Å². The van der Waals surface area contributed by atoms with Crippen molar-refractivity contribution in [3.8, 4) is 28.3 Å². The van der Waals surface area contributed by atoms with Gasteiger partial charge >= 0.3 is 5.97 Å². The van der Waals surface area contributed by atoms with Gasteiger partial charge in [-0.25, -0.2) is 29.1 Å². The number of nitrogen functional groups attached to an aromatic ring is 1. The number of carboxylic acids is 1. The molecule has 11 heteroatoms. The lowest BCUT2D eigenvalue weighted by atomic mass is 10.1. The number of carbonyl (C=O) groups is 2. The number of rotatable bonds is 6. The van der Waals surface area contributed by atoms with Crippen molar-refractivity contribution in [1.82, 2.24) is 24.5 Å². The summed E-state index contributed by atoms with van der Waals surface area (Å²) in [6.07, 6.45) is 3.11. The molecule has 4 heterocycles. The maximum Gasteiger partial charge on any atom is 0.335 e. The zero-order valence-electron chi connectivity index (χ0n) is 21.2. The summed E-state index contributed by atoms with van der Waals surface area (Å²) in [6.45, 7) is 0. The second-order valence-corrected chi connectivity index (χ2v) is 8.97. The van der Waals surface area contributed by atoms with Crippen LogP contribution in [0.5, 0.6) is 0 Å². The molecule has 0 aliphatic rings.